The zero-order chi connectivity index (χ0) is 22.6. The number of hydrogen-bond acceptors (Lipinski definition) is 10. The van der Waals surface area contributed by atoms with Crippen molar-refractivity contribution in [1.29, 1.82) is 0 Å². The van der Waals surface area contributed by atoms with Gasteiger partial charge in [-0.1, -0.05) is 0 Å². The number of nitrogens with zero attached hydrogens (tertiary/aromatic N) is 1. The molecular weight excluding hydrogens is 465 g/mol. The fraction of sp³-hybridized carbons (Fsp3) is 0.529. The van der Waals surface area contributed by atoms with Crippen molar-refractivity contribution in [2.75, 3.05) is 6.61 Å². The second-order valence-corrected chi connectivity index (χ2v) is 7.07. The number of H-pyrrole nitrogens is 1. The zero-order valence-electron chi connectivity index (χ0n) is 16.3. The Morgan fingerprint density at radius 3 is 2.20 bits per heavy atom. The Balaban J connectivity index is 2.55. The summed E-state index contributed by atoms with van der Waals surface area (Å²) in [5.41, 5.74) is -2.11. The summed E-state index contributed by atoms with van der Waals surface area (Å²) >= 11 is 1.54. The second-order valence-electron chi connectivity index (χ2n) is 6.33. The molecule has 0 aromatic carbocycles. The number of Topliss-reactive ketones (excluding diaryl/α,β-unsaturated/α-hetero) is 1. The van der Waals surface area contributed by atoms with Crippen LogP contribution >= 0.6 is 0 Å². The summed E-state index contributed by atoms with van der Waals surface area (Å²) in [4.78, 5) is 72.8. The molecule has 0 aliphatic carbocycles. The van der Waals surface area contributed by atoms with Crippen LogP contribution in [0.2, 0.25) is 5.25 Å². The molecule has 13 heteroatoms. The summed E-state index contributed by atoms with van der Waals surface area (Å²) in [6.07, 6.45) is -4.00. The van der Waals surface area contributed by atoms with Gasteiger partial charge in [0.05, 0.1) is 0 Å². The van der Waals surface area contributed by atoms with E-state index in [9.17, 15) is 28.8 Å². The molecule has 1 saturated heterocycles. The number of ketones is 1. The van der Waals surface area contributed by atoms with Gasteiger partial charge in [-0.2, -0.15) is 0 Å². The molecule has 2 rings (SSSR count). The molecule has 0 saturated carbocycles. The Labute approximate surface area is 178 Å². The summed E-state index contributed by atoms with van der Waals surface area (Å²) in [7, 11) is 0. The van der Waals surface area contributed by atoms with Gasteiger partial charge < -0.3 is 0 Å². The van der Waals surface area contributed by atoms with Gasteiger partial charge in [-0.05, 0) is 0 Å². The molecule has 3 radical (unpaired) electrons. The molecule has 0 spiro atoms. The summed E-state index contributed by atoms with van der Waals surface area (Å²) < 4.78 is 21.9. The van der Waals surface area contributed by atoms with Gasteiger partial charge in [-0.25, -0.2) is 0 Å². The van der Waals surface area contributed by atoms with Crippen LogP contribution in [-0.2, 0) is 33.3 Å². The maximum atomic E-state index is 12.4. The van der Waals surface area contributed by atoms with Crippen LogP contribution in [0.25, 0.3) is 0 Å². The van der Waals surface area contributed by atoms with Gasteiger partial charge >= 0.3 is 178 Å². The van der Waals surface area contributed by atoms with Crippen LogP contribution in [0.4, 0.5) is 0 Å². The predicted octanol–water partition coefficient (Wildman–Crippen LogP) is -1.37. The fourth-order valence-corrected chi connectivity index (χ4v) is 3.28. The SMILES string of the molecule is CC(=O)OC[C@H]1O[C@@H](n2cc(C(=O)[CH2][Ge])c(=O)[nH]c2=O)[C@@H](OC(C)=O)[C@@H]1OC(C)=O. The molecule has 161 valence electrons. The minimum atomic E-state index is -1.37. The summed E-state index contributed by atoms with van der Waals surface area (Å²) in [5, 5.41) is 0.00529. The number of aromatic amines is 1. The van der Waals surface area contributed by atoms with Gasteiger partial charge in [-0.15, -0.1) is 0 Å². The van der Waals surface area contributed by atoms with Gasteiger partial charge in [0.1, 0.15) is 0 Å². The Bertz CT molecular complexity index is 968. The molecule has 4 atom stereocenters. The standard InChI is InChI=1S/C17H19GeN2O10/c1-7(21)27-6-12-13(28-8(2)22)14(29-9(3)23)16(30-12)20-5-10(11(24)4-18)15(25)19-17(20)26/h5,12-14,16H,4,6H2,1-3H3,(H,19,25,26)/t12-,13-,14+,16-/m1/s1. The quantitative estimate of drug-likeness (QED) is 0.212. The van der Waals surface area contributed by atoms with Crippen LogP contribution in [0, 0.1) is 0 Å². The predicted molar refractivity (Wildman–Crippen MR) is 97.9 cm³/mol. The van der Waals surface area contributed by atoms with Crippen molar-refractivity contribution < 1.29 is 38.1 Å². The molecule has 0 bridgehead atoms. The summed E-state index contributed by atoms with van der Waals surface area (Å²) in [6, 6.07) is 0. The van der Waals surface area contributed by atoms with Crippen molar-refractivity contribution in [3.05, 3.63) is 32.6 Å². The van der Waals surface area contributed by atoms with Gasteiger partial charge in [0, 0.05) is 0 Å². The van der Waals surface area contributed by atoms with Crippen LogP contribution in [0.3, 0.4) is 0 Å². The Morgan fingerprint density at radius 2 is 1.67 bits per heavy atom. The number of nitrogens with one attached hydrogen (secondary N) is 1. The molecule has 30 heavy (non-hydrogen) atoms. The van der Waals surface area contributed by atoms with Gasteiger partial charge in [0.15, 0.2) is 0 Å². The van der Waals surface area contributed by atoms with Gasteiger partial charge in [-0.3, -0.25) is 0 Å². The molecule has 0 unspecified atom stereocenters. The third-order valence-electron chi connectivity index (χ3n) is 4.04. The van der Waals surface area contributed by atoms with Crippen LogP contribution in [0.1, 0.15) is 37.4 Å². The average molecular weight is 484 g/mol. The molecule has 1 fully saturated rings. The maximum absolute atomic E-state index is 12.4. The van der Waals surface area contributed by atoms with E-state index in [1.807, 2.05) is 4.98 Å². The van der Waals surface area contributed by atoms with Crippen molar-refractivity contribution in [2.24, 2.45) is 0 Å². The third kappa shape index (κ3) is 5.44. The topological polar surface area (TPSA) is 160 Å². The first-order valence-electron chi connectivity index (χ1n) is 8.71. The van der Waals surface area contributed by atoms with E-state index in [1.54, 1.807) is 0 Å². The Kier molecular flexibility index (Phi) is 7.72. The van der Waals surface area contributed by atoms with Gasteiger partial charge in [0.25, 0.3) is 0 Å². The number of carbonyl (C=O) groups is 4. The van der Waals surface area contributed by atoms with Crippen LogP contribution in [0.15, 0.2) is 15.8 Å². The molecule has 1 aromatic heterocycles. The van der Waals surface area contributed by atoms with Gasteiger partial charge in [0.2, 0.25) is 0 Å². The monoisotopic (exact) mass is 485 g/mol. The van der Waals surface area contributed by atoms with E-state index in [0.717, 1.165) is 31.5 Å². The molecule has 0 amide bonds. The van der Waals surface area contributed by atoms with Crippen LogP contribution in [0.5, 0.6) is 0 Å². The molecule has 2 heterocycles. The number of esters is 3. The zero-order valence-corrected chi connectivity index (χ0v) is 18.4. The summed E-state index contributed by atoms with van der Waals surface area (Å²) in [5.74, 6) is -2.66. The van der Waals surface area contributed by atoms with Crippen molar-refractivity contribution in [3.63, 3.8) is 0 Å². The van der Waals surface area contributed by atoms with E-state index in [1.165, 1.54) is 16.5 Å². The van der Waals surface area contributed by atoms with Crippen LogP contribution in [-0.4, -0.2) is 74.7 Å². The van der Waals surface area contributed by atoms with Crippen LogP contribution < -0.4 is 11.2 Å². The Hall–Kier alpha value is -2.74. The average Bonchev–Trinajstić information content (AvgIpc) is 2.95. The number of carbonyl (C=O) groups excluding carboxylic acids is 4. The molecule has 1 aliphatic heterocycles. The van der Waals surface area contributed by atoms with E-state index in [0.29, 0.717) is 0 Å². The number of hydrogen-bond donors (Lipinski definition) is 1. The molecule has 1 aliphatic rings. The molecular formula is C17H19GeN2O10. The normalized spacial score (nSPS) is 22.9. The number of rotatable bonds is 7. The van der Waals surface area contributed by atoms with E-state index >= 15 is 0 Å². The van der Waals surface area contributed by atoms with E-state index in [-0.39, 0.29) is 17.4 Å². The number of ether oxygens (including phenoxy) is 4. The Morgan fingerprint density at radius 1 is 1.07 bits per heavy atom. The molecule has 1 aromatic rings. The van der Waals surface area contributed by atoms with E-state index in [2.05, 4.69) is 0 Å². The molecule has 1 N–H and O–H groups in total. The second kappa shape index (κ2) is 9.84. The first kappa shape index (κ1) is 23.5. The van der Waals surface area contributed by atoms with Crippen molar-refractivity contribution in [1.82, 2.24) is 9.55 Å². The first-order valence-corrected chi connectivity index (χ1v) is 10.2. The van der Waals surface area contributed by atoms with Crippen molar-refractivity contribution in [3.8, 4) is 0 Å². The number of aromatic nitrogens is 2. The fourth-order valence-electron chi connectivity index (χ4n) is 2.88. The van der Waals surface area contributed by atoms with E-state index in [4.69, 9.17) is 18.9 Å². The molecule has 12 nitrogen and oxygen atoms in total. The minimum absolute atomic E-state index is 0.00529. The first-order chi connectivity index (χ1) is 14.0. The summed E-state index contributed by atoms with van der Waals surface area (Å²) in [6.45, 7) is 3.01. The van der Waals surface area contributed by atoms with Crippen molar-refractivity contribution in [2.45, 2.75) is 50.6 Å². The van der Waals surface area contributed by atoms with Crippen molar-refractivity contribution >= 4 is 40.2 Å². The third-order valence-corrected chi connectivity index (χ3v) is 4.72. The van der Waals surface area contributed by atoms with E-state index < -0.39 is 59.5 Å².